The van der Waals surface area contributed by atoms with Crippen molar-refractivity contribution in [3.8, 4) is 0 Å². The van der Waals surface area contributed by atoms with Gasteiger partial charge in [-0.2, -0.15) is 0 Å². The van der Waals surface area contributed by atoms with Gasteiger partial charge in [-0.25, -0.2) is 13.2 Å². The monoisotopic (exact) mass is 314 g/mol. The van der Waals surface area contributed by atoms with Crippen LogP contribution < -0.4 is 11.3 Å². The van der Waals surface area contributed by atoms with E-state index >= 15 is 0 Å². The first-order valence-corrected chi connectivity index (χ1v) is 6.72. The van der Waals surface area contributed by atoms with E-state index < -0.39 is 17.5 Å². The Balaban J connectivity index is 2.15. The van der Waals surface area contributed by atoms with Gasteiger partial charge in [0.05, 0.1) is 5.02 Å². The van der Waals surface area contributed by atoms with Gasteiger partial charge in [-0.3, -0.25) is 11.3 Å². The quantitative estimate of drug-likeness (QED) is 0.656. The fraction of sp³-hybridized carbons (Fsp3) is 0.200. The van der Waals surface area contributed by atoms with Crippen molar-refractivity contribution < 1.29 is 13.2 Å². The highest BCUT2D eigenvalue weighted by Gasteiger charge is 2.15. The van der Waals surface area contributed by atoms with Gasteiger partial charge in [-0.1, -0.05) is 29.8 Å². The lowest BCUT2D eigenvalue weighted by atomic mass is 9.99. The molecule has 0 heterocycles. The number of halogens is 4. The van der Waals surface area contributed by atoms with Gasteiger partial charge in [-0.05, 0) is 36.1 Å². The molecule has 112 valence electrons. The molecule has 0 spiro atoms. The van der Waals surface area contributed by atoms with Gasteiger partial charge in [0.1, 0.15) is 17.5 Å². The molecule has 2 rings (SSSR count). The molecule has 0 aromatic heterocycles. The van der Waals surface area contributed by atoms with E-state index in [-0.39, 0.29) is 17.5 Å². The first-order valence-electron chi connectivity index (χ1n) is 6.34. The summed E-state index contributed by atoms with van der Waals surface area (Å²) in [4.78, 5) is 0. The molecule has 0 saturated carbocycles. The summed E-state index contributed by atoms with van der Waals surface area (Å²) in [5.41, 5.74) is 3.44. The Kier molecular flexibility index (Phi) is 5.22. The van der Waals surface area contributed by atoms with Crippen LogP contribution in [0.5, 0.6) is 0 Å². The SMILES string of the molecule is NNC(Cc1ccc(F)cc1F)Cc1cccc(F)c1Cl. The van der Waals surface area contributed by atoms with Crippen molar-refractivity contribution >= 4 is 11.6 Å². The molecule has 1 atom stereocenters. The molecule has 3 N–H and O–H groups in total. The van der Waals surface area contributed by atoms with Crippen LogP contribution in [0.1, 0.15) is 11.1 Å². The molecule has 0 radical (unpaired) electrons. The smallest absolute Gasteiger partial charge is 0.142 e. The summed E-state index contributed by atoms with van der Waals surface area (Å²) in [6.45, 7) is 0. The van der Waals surface area contributed by atoms with Gasteiger partial charge in [0.15, 0.2) is 0 Å². The molecule has 0 fully saturated rings. The largest absolute Gasteiger partial charge is 0.271 e. The van der Waals surface area contributed by atoms with Crippen LogP contribution in [0, 0.1) is 17.5 Å². The zero-order valence-electron chi connectivity index (χ0n) is 11.0. The van der Waals surface area contributed by atoms with Gasteiger partial charge in [0.2, 0.25) is 0 Å². The molecule has 1 unspecified atom stereocenters. The van der Waals surface area contributed by atoms with Crippen LogP contribution in [-0.4, -0.2) is 6.04 Å². The highest BCUT2D eigenvalue weighted by atomic mass is 35.5. The Bertz CT molecular complexity index is 634. The lowest BCUT2D eigenvalue weighted by Gasteiger charge is -2.17. The van der Waals surface area contributed by atoms with Gasteiger partial charge in [-0.15, -0.1) is 0 Å². The third-order valence-corrected chi connectivity index (χ3v) is 3.64. The van der Waals surface area contributed by atoms with Crippen molar-refractivity contribution in [1.82, 2.24) is 5.43 Å². The van der Waals surface area contributed by atoms with E-state index in [4.69, 9.17) is 17.4 Å². The Hall–Kier alpha value is -1.56. The Morgan fingerprint density at radius 1 is 1.00 bits per heavy atom. The summed E-state index contributed by atoms with van der Waals surface area (Å²) in [5, 5.41) is 0.0253. The number of benzene rings is 2. The molecular formula is C15H14ClF3N2. The average molecular weight is 315 g/mol. The summed E-state index contributed by atoms with van der Waals surface area (Å²) < 4.78 is 39.9. The van der Waals surface area contributed by atoms with Crippen LogP contribution in [0.4, 0.5) is 13.2 Å². The van der Waals surface area contributed by atoms with Crippen LogP contribution in [-0.2, 0) is 12.8 Å². The Labute approximate surface area is 125 Å². The summed E-state index contributed by atoms with van der Waals surface area (Å²) in [6, 6.07) is 7.49. The van der Waals surface area contributed by atoms with Gasteiger partial charge in [0.25, 0.3) is 0 Å². The minimum Gasteiger partial charge on any atom is -0.271 e. The highest BCUT2D eigenvalue weighted by Crippen LogP contribution is 2.22. The number of hydrazine groups is 1. The zero-order valence-corrected chi connectivity index (χ0v) is 11.8. The highest BCUT2D eigenvalue weighted by molar-refractivity contribution is 6.31. The van der Waals surface area contributed by atoms with Crippen molar-refractivity contribution in [2.75, 3.05) is 0 Å². The van der Waals surface area contributed by atoms with Crippen molar-refractivity contribution in [2.45, 2.75) is 18.9 Å². The molecule has 0 bridgehead atoms. The van der Waals surface area contributed by atoms with E-state index in [1.807, 2.05) is 0 Å². The molecule has 0 aliphatic heterocycles. The van der Waals surface area contributed by atoms with E-state index in [9.17, 15) is 13.2 Å². The maximum Gasteiger partial charge on any atom is 0.142 e. The van der Waals surface area contributed by atoms with Crippen LogP contribution in [0.25, 0.3) is 0 Å². The third-order valence-electron chi connectivity index (χ3n) is 3.22. The average Bonchev–Trinajstić information content (AvgIpc) is 2.45. The first-order chi connectivity index (χ1) is 10.0. The van der Waals surface area contributed by atoms with Gasteiger partial charge >= 0.3 is 0 Å². The Morgan fingerprint density at radius 3 is 2.38 bits per heavy atom. The summed E-state index contributed by atoms with van der Waals surface area (Å²) >= 11 is 5.88. The van der Waals surface area contributed by atoms with Gasteiger partial charge < -0.3 is 0 Å². The summed E-state index contributed by atoms with van der Waals surface area (Å²) in [5.74, 6) is 3.66. The molecule has 2 nitrogen and oxygen atoms in total. The standard InChI is InChI=1S/C15H14ClF3N2/c16-15-10(2-1-3-13(15)18)7-12(21-20)6-9-4-5-11(17)8-14(9)19/h1-5,8,12,21H,6-7,20H2. The fourth-order valence-electron chi connectivity index (χ4n) is 2.11. The molecule has 0 amide bonds. The van der Waals surface area contributed by atoms with Crippen LogP contribution in [0.15, 0.2) is 36.4 Å². The topological polar surface area (TPSA) is 38.0 Å². The van der Waals surface area contributed by atoms with Crippen LogP contribution >= 0.6 is 11.6 Å². The fourth-order valence-corrected chi connectivity index (χ4v) is 2.32. The predicted octanol–water partition coefficient (Wildman–Crippen LogP) is 3.37. The van der Waals surface area contributed by atoms with Crippen molar-refractivity contribution in [2.24, 2.45) is 5.84 Å². The van der Waals surface area contributed by atoms with Crippen LogP contribution in [0.2, 0.25) is 5.02 Å². The lowest BCUT2D eigenvalue weighted by molar-refractivity contribution is 0.501. The molecule has 21 heavy (non-hydrogen) atoms. The van der Waals surface area contributed by atoms with Crippen molar-refractivity contribution in [3.05, 3.63) is 70.0 Å². The number of rotatable bonds is 5. The zero-order chi connectivity index (χ0) is 15.4. The maximum atomic E-state index is 13.6. The van der Waals surface area contributed by atoms with E-state index in [1.165, 1.54) is 18.2 Å². The maximum absolute atomic E-state index is 13.6. The molecule has 0 aliphatic rings. The first kappa shape index (κ1) is 15.8. The number of nitrogens with one attached hydrogen (secondary N) is 1. The predicted molar refractivity (Wildman–Crippen MR) is 76.3 cm³/mol. The number of hydrogen-bond acceptors (Lipinski definition) is 2. The molecular weight excluding hydrogens is 301 g/mol. The third kappa shape index (κ3) is 3.97. The Morgan fingerprint density at radius 2 is 1.71 bits per heavy atom. The molecule has 2 aromatic rings. The lowest BCUT2D eigenvalue weighted by Crippen LogP contribution is -2.38. The van der Waals surface area contributed by atoms with Gasteiger partial charge in [0, 0.05) is 12.1 Å². The van der Waals surface area contributed by atoms with Crippen molar-refractivity contribution in [3.63, 3.8) is 0 Å². The van der Waals surface area contributed by atoms with E-state index in [1.54, 1.807) is 12.1 Å². The second kappa shape index (κ2) is 6.93. The molecule has 6 heteroatoms. The summed E-state index contributed by atoms with van der Waals surface area (Å²) in [7, 11) is 0. The summed E-state index contributed by atoms with van der Waals surface area (Å²) in [6.07, 6.45) is 0.555. The minimum atomic E-state index is -0.638. The number of nitrogens with two attached hydrogens (primary N) is 1. The number of hydrogen-bond donors (Lipinski definition) is 2. The van der Waals surface area contributed by atoms with Crippen molar-refractivity contribution in [1.29, 1.82) is 0 Å². The molecule has 0 aliphatic carbocycles. The second-order valence-electron chi connectivity index (χ2n) is 4.72. The van der Waals surface area contributed by atoms with E-state index in [2.05, 4.69) is 5.43 Å². The second-order valence-corrected chi connectivity index (χ2v) is 5.10. The normalized spacial score (nSPS) is 12.4. The van der Waals surface area contributed by atoms with Crippen LogP contribution in [0.3, 0.4) is 0 Å². The molecule has 2 aromatic carbocycles. The molecule has 0 saturated heterocycles. The van der Waals surface area contributed by atoms with E-state index in [0.717, 1.165) is 6.07 Å². The van der Waals surface area contributed by atoms with E-state index in [0.29, 0.717) is 17.5 Å². The minimum absolute atomic E-state index is 0.0253.